The van der Waals surface area contributed by atoms with E-state index in [1.807, 2.05) is 0 Å². The lowest BCUT2D eigenvalue weighted by atomic mass is 10.1. The third kappa shape index (κ3) is 3.61. The number of methoxy groups -OCH3 is 2. The van der Waals surface area contributed by atoms with Crippen molar-refractivity contribution < 1.29 is 28.2 Å². The maximum absolute atomic E-state index is 13.2. The fourth-order valence-electron chi connectivity index (χ4n) is 2.63. The quantitative estimate of drug-likeness (QED) is 0.572. The number of benzene rings is 2. The number of anilines is 1. The van der Waals surface area contributed by atoms with Gasteiger partial charge in [0.2, 0.25) is 0 Å². The van der Waals surface area contributed by atoms with Crippen LogP contribution in [-0.4, -0.2) is 32.1 Å². The van der Waals surface area contributed by atoms with E-state index in [9.17, 15) is 18.8 Å². The summed E-state index contributed by atoms with van der Waals surface area (Å²) in [7, 11) is 2.92. The van der Waals surface area contributed by atoms with E-state index in [0.717, 1.165) is 17.0 Å². The molecule has 0 spiro atoms. The Labute approximate surface area is 167 Å². The van der Waals surface area contributed by atoms with Crippen molar-refractivity contribution in [1.29, 1.82) is 0 Å². The topological polar surface area (TPSA) is 84.9 Å². The Morgan fingerprint density at radius 3 is 2.29 bits per heavy atom. The first-order valence-electron chi connectivity index (χ1n) is 7.94. The van der Waals surface area contributed by atoms with E-state index in [2.05, 4.69) is 21.2 Å². The van der Waals surface area contributed by atoms with Crippen LogP contribution in [0.1, 0.15) is 5.56 Å². The second-order valence-corrected chi connectivity index (χ2v) is 6.52. The standard InChI is InChI=1S/C19H14BrFN2O5/c1-27-15-9-16(28-2)14(20)8-10(15)7-13-17(24)22-19(26)23(18(13)25)12-5-3-11(21)4-6-12/h3-9H,1-2H3,(H,22,24,26)/b13-7+. The van der Waals surface area contributed by atoms with Gasteiger partial charge in [-0.15, -0.1) is 0 Å². The van der Waals surface area contributed by atoms with E-state index in [1.165, 1.54) is 32.4 Å². The molecule has 1 fully saturated rings. The molecule has 1 heterocycles. The summed E-state index contributed by atoms with van der Waals surface area (Å²) in [6.45, 7) is 0. The molecule has 0 bridgehead atoms. The number of imide groups is 2. The van der Waals surface area contributed by atoms with Crippen LogP contribution in [0.5, 0.6) is 11.5 Å². The SMILES string of the molecule is COc1cc(OC)c(/C=C2\C(=O)NC(=O)N(c3ccc(F)cc3)C2=O)cc1Br. The van der Waals surface area contributed by atoms with Crippen molar-refractivity contribution in [1.82, 2.24) is 5.32 Å². The molecule has 28 heavy (non-hydrogen) atoms. The number of hydrogen-bond donors (Lipinski definition) is 1. The van der Waals surface area contributed by atoms with Crippen LogP contribution < -0.4 is 19.7 Å². The van der Waals surface area contributed by atoms with Crippen LogP contribution in [0.4, 0.5) is 14.9 Å². The highest BCUT2D eigenvalue weighted by Gasteiger charge is 2.37. The molecular weight excluding hydrogens is 435 g/mol. The van der Waals surface area contributed by atoms with E-state index in [4.69, 9.17) is 9.47 Å². The van der Waals surface area contributed by atoms with Crippen molar-refractivity contribution in [2.24, 2.45) is 0 Å². The van der Waals surface area contributed by atoms with Gasteiger partial charge in [0.05, 0.1) is 24.4 Å². The number of urea groups is 1. The van der Waals surface area contributed by atoms with Gasteiger partial charge in [0, 0.05) is 11.6 Å². The summed E-state index contributed by atoms with van der Waals surface area (Å²) in [4.78, 5) is 38.0. The molecule has 7 nitrogen and oxygen atoms in total. The minimum absolute atomic E-state index is 0.130. The molecule has 0 aromatic heterocycles. The van der Waals surface area contributed by atoms with Gasteiger partial charge in [0.1, 0.15) is 22.9 Å². The van der Waals surface area contributed by atoms with Crippen molar-refractivity contribution in [2.45, 2.75) is 0 Å². The molecule has 0 aliphatic carbocycles. The zero-order valence-corrected chi connectivity index (χ0v) is 16.4. The number of nitrogens with one attached hydrogen (secondary N) is 1. The molecule has 0 radical (unpaired) electrons. The molecule has 2 aromatic rings. The molecule has 0 unspecified atom stereocenters. The summed E-state index contributed by atoms with van der Waals surface area (Å²) in [6, 6.07) is 7.05. The highest BCUT2D eigenvalue weighted by Crippen LogP contribution is 2.34. The van der Waals surface area contributed by atoms with E-state index in [1.54, 1.807) is 12.1 Å². The molecule has 1 saturated heterocycles. The number of hydrogen-bond acceptors (Lipinski definition) is 5. The van der Waals surface area contributed by atoms with Gasteiger partial charge in [-0.25, -0.2) is 14.1 Å². The fraction of sp³-hybridized carbons (Fsp3) is 0.105. The maximum Gasteiger partial charge on any atom is 0.335 e. The van der Waals surface area contributed by atoms with Crippen LogP contribution in [-0.2, 0) is 9.59 Å². The Hall–Kier alpha value is -3.20. The summed E-state index contributed by atoms with van der Waals surface area (Å²) in [5.41, 5.74) is 0.270. The van der Waals surface area contributed by atoms with Gasteiger partial charge >= 0.3 is 6.03 Å². The maximum atomic E-state index is 13.2. The van der Waals surface area contributed by atoms with Gasteiger partial charge in [-0.05, 0) is 52.3 Å². The van der Waals surface area contributed by atoms with Crippen LogP contribution >= 0.6 is 15.9 Å². The predicted octanol–water partition coefficient (Wildman–Crippen LogP) is 3.27. The number of barbiturate groups is 1. The number of ether oxygens (including phenoxy) is 2. The summed E-state index contributed by atoms with van der Waals surface area (Å²) >= 11 is 3.34. The van der Waals surface area contributed by atoms with Crippen molar-refractivity contribution >= 4 is 45.5 Å². The normalized spacial score (nSPS) is 15.6. The number of rotatable bonds is 4. The average molecular weight is 449 g/mol. The third-order valence-corrected chi connectivity index (χ3v) is 4.61. The smallest absolute Gasteiger partial charge is 0.335 e. The van der Waals surface area contributed by atoms with Gasteiger partial charge in [0.25, 0.3) is 11.8 Å². The minimum Gasteiger partial charge on any atom is -0.496 e. The predicted molar refractivity (Wildman–Crippen MR) is 103 cm³/mol. The van der Waals surface area contributed by atoms with Crippen LogP contribution in [0.15, 0.2) is 46.4 Å². The largest absolute Gasteiger partial charge is 0.496 e. The lowest BCUT2D eigenvalue weighted by Crippen LogP contribution is -2.54. The number of carbonyl (C=O) groups excluding carboxylic acids is 3. The molecule has 1 N–H and O–H groups in total. The van der Waals surface area contributed by atoms with Crippen molar-refractivity contribution in [2.75, 3.05) is 19.1 Å². The number of amides is 4. The van der Waals surface area contributed by atoms with Crippen LogP contribution in [0.2, 0.25) is 0 Å². The molecule has 1 aliphatic rings. The van der Waals surface area contributed by atoms with Crippen LogP contribution in [0.3, 0.4) is 0 Å². The van der Waals surface area contributed by atoms with Gasteiger partial charge in [-0.1, -0.05) is 0 Å². The summed E-state index contributed by atoms with van der Waals surface area (Å²) in [6.07, 6.45) is 1.31. The first kappa shape index (κ1) is 19.6. The molecule has 9 heteroatoms. The summed E-state index contributed by atoms with van der Waals surface area (Å²) < 4.78 is 24.2. The van der Waals surface area contributed by atoms with Crippen molar-refractivity contribution in [3.05, 3.63) is 57.8 Å². The molecular formula is C19H14BrFN2O5. The zero-order chi connectivity index (χ0) is 20.4. The molecule has 0 atom stereocenters. The van der Waals surface area contributed by atoms with Gasteiger partial charge < -0.3 is 9.47 Å². The summed E-state index contributed by atoms with van der Waals surface area (Å²) in [5, 5.41) is 2.11. The first-order valence-corrected chi connectivity index (χ1v) is 8.73. The Balaban J connectivity index is 2.07. The molecule has 4 amide bonds. The second-order valence-electron chi connectivity index (χ2n) is 5.66. The van der Waals surface area contributed by atoms with E-state index in [0.29, 0.717) is 21.5 Å². The lowest BCUT2D eigenvalue weighted by molar-refractivity contribution is -0.122. The number of carbonyl (C=O) groups is 3. The Morgan fingerprint density at radius 2 is 1.68 bits per heavy atom. The lowest BCUT2D eigenvalue weighted by Gasteiger charge is -2.26. The highest BCUT2D eigenvalue weighted by atomic mass is 79.9. The Morgan fingerprint density at radius 1 is 1.04 bits per heavy atom. The zero-order valence-electron chi connectivity index (χ0n) is 14.8. The first-order chi connectivity index (χ1) is 13.3. The van der Waals surface area contributed by atoms with Gasteiger partial charge in [-0.2, -0.15) is 0 Å². The van der Waals surface area contributed by atoms with E-state index >= 15 is 0 Å². The van der Waals surface area contributed by atoms with Crippen LogP contribution in [0.25, 0.3) is 6.08 Å². The fourth-order valence-corrected chi connectivity index (χ4v) is 3.16. The van der Waals surface area contributed by atoms with Crippen molar-refractivity contribution in [3.8, 4) is 11.5 Å². The molecule has 3 rings (SSSR count). The Kier molecular flexibility index (Phi) is 5.46. The molecule has 144 valence electrons. The van der Waals surface area contributed by atoms with E-state index in [-0.39, 0.29) is 11.3 Å². The average Bonchev–Trinajstić information content (AvgIpc) is 2.66. The van der Waals surface area contributed by atoms with Gasteiger partial charge in [0.15, 0.2) is 0 Å². The number of halogens is 2. The second kappa shape index (κ2) is 7.81. The Bertz CT molecular complexity index is 1000. The highest BCUT2D eigenvalue weighted by molar-refractivity contribution is 9.10. The van der Waals surface area contributed by atoms with Gasteiger partial charge in [-0.3, -0.25) is 14.9 Å². The molecule has 0 saturated carbocycles. The minimum atomic E-state index is -0.915. The van der Waals surface area contributed by atoms with Crippen molar-refractivity contribution in [3.63, 3.8) is 0 Å². The third-order valence-electron chi connectivity index (χ3n) is 3.99. The summed E-state index contributed by atoms with van der Waals surface area (Å²) in [5.74, 6) is -1.34. The van der Waals surface area contributed by atoms with E-state index < -0.39 is 23.7 Å². The van der Waals surface area contributed by atoms with Crippen LogP contribution in [0, 0.1) is 5.82 Å². The molecule has 2 aromatic carbocycles. The molecule has 1 aliphatic heterocycles. The monoisotopic (exact) mass is 448 g/mol. The number of nitrogens with zero attached hydrogens (tertiary/aromatic N) is 1.